The van der Waals surface area contributed by atoms with E-state index in [2.05, 4.69) is 44.4 Å². The van der Waals surface area contributed by atoms with Gasteiger partial charge in [0.05, 0.1) is 17.4 Å². The molecule has 0 aliphatic rings. The zero-order valence-electron chi connectivity index (χ0n) is 15.7. The highest BCUT2D eigenvalue weighted by molar-refractivity contribution is 7.20. The summed E-state index contributed by atoms with van der Waals surface area (Å²) in [4.78, 5) is 1.24. The van der Waals surface area contributed by atoms with Crippen molar-refractivity contribution in [2.45, 2.75) is 6.92 Å². The van der Waals surface area contributed by atoms with Gasteiger partial charge in [0.1, 0.15) is 0 Å². The quantitative estimate of drug-likeness (QED) is 0.277. The van der Waals surface area contributed by atoms with Crippen LogP contribution in [-0.4, -0.2) is 5.71 Å². The van der Waals surface area contributed by atoms with Crippen LogP contribution in [0.1, 0.15) is 16.0 Å². The predicted molar refractivity (Wildman–Crippen MR) is 122 cm³/mol. The van der Waals surface area contributed by atoms with Gasteiger partial charge in [-0.1, -0.05) is 61.7 Å². The van der Waals surface area contributed by atoms with Crippen LogP contribution in [0.3, 0.4) is 0 Å². The van der Waals surface area contributed by atoms with Crippen molar-refractivity contribution in [3.63, 3.8) is 0 Å². The van der Waals surface area contributed by atoms with Gasteiger partial charge in [-0.15, -0.1) is 11.3 Å². The summed E-state index contributed by atoms with van der Waals surface area (Å²) in [5.74, 6) is 0. The molecule has 0 spiro atoms. The highest BCUT2D eigenvalue weighted by atomic mass is 32.1. The summed E-state index contributed by atoms with van der Waals surface area (Å²) >= 11 is 1.76. The highest BCUT2D eigenvalue weighted by Crippen LogP contribution is 2.35. The molecule has 0 saturated heterocycles. The largest absolute Gasteiger partial charge is 0.300 e. The molecule has 2 aromatic carbocycles. The standard InChI is InChI=1S/C25H20N2S/c1-4-6-10-24-17(3)22-12-11-20(15-25(22)28-24)19-8-7-9-21(14-19)23(27)13-18(5-2)16-26/h4-15,27H,1-2H2,3H3/b10-6-,18-13+,27-23?. The Morgan fingerprint density at radius 3 is 2.64 bits per heavy atom. The molecule has 28 heavy (non-hydrogen) atoms. The van der Waals surface area contributed by atoms with Crippen molar-refractivity contribution < 1.29 is 0 Å². The average molecular weight is 381 g/mol. The van der Waals surface area contributed by atoms with Crippen LogP contribution in [0, 0.1) is 23.7 Å². The van der Waals surface area contributed by atoms with Crippen molar-refractivity contribution >= 4 is 33.2 Å². The second kappa shape index (κ2) is 8.47. The lowest BCUT2D eigenvalue weighted by molar-refractivity contribution is 1.47. The maximum Gasteiger partial charge on any atom is 0.0992 e. The first-order valence-corrected chi connectivity index (χ1v) is 9.65. The maximum atomic E-state index is 9.04. The van der Waals surface area contributed by atoms with Crippen molar-refractivity contribution in [3.8, 4) is 17.2 Å². The highest BCUT2D eigenvalue weighted by Gasteiger charge is 2.09. The molecule has 0 amide bonds. The Kier molecular flexibility index (Phi) is 5.84. The molecule has 0 aliphatic heterocycles. The number of nitriles is 1. The van der Waals surface area contributed by atoms with E-state index < -0.39 is 0 Å². The summed E-state index contributed by atoms with van der Waals surface area (Å²) in [6, 6.07) is 16.3. The Balaban J connectivity index is 2.01. The van der Waals surface area contributed by atoms with E-state index in [0.717, 1.165) is 16.7 Å². The Hall–Kier alpha value is -3.48. The monoisotopic (exact) mass is 380 g/mol. The first-order valence-electron chi connectivity index (χ1n) is 8.83. The normalized spacial score (nSPS) is 11.5. The Bertz CT molecular complexity index is 1180. The third-order valence-electron chi connectivity index (χ3n) is 4.51. The van der Waals surface area contributed by atoms with Crippen LogP contribution in [0.15, 0.2) is 85.5 Å². The molecule has 1 N–H and O–H groups in total. The second-order valence-corrected chi connectivity index (χ2v) is 7.39. The fourth-order valence-electron chi connectivity index (χ4n) is 2.98. The van der Waals surface area contributed by atoms with E-state index in [1.807, 2.05) is 36.4 Å². The molecule has 1 heterocycles. The van der Waals surface area contributed by atoms with E-state index in [9.17, 15) is 0 Å². The smallest absolute Gasteiger partial charge is 0.0992 e. The molecule has 3 rings (SSSR count). The van der Waals surface area contributed by atoms with Crippen LogP contribution in [-0.2, 0) is 0 Å². The fraction of sp³-hybridized carbons (Fsp3) is 0.0400. The predicted octanol–water partition coefficient (Wildman–Crippen LogP) is 7.08. The van der Waals surface area contributed by atoms with Crippen molar-refractivity contribution in [2.24, 2.45) is 0 Å². The number of hydrogen-bond donors (Lipinski definition) is 1. The summed E-state index contributed by atoms with van der Waals surface area (Å²) in [6.45, 7) is 9.48. The third kappa shape index (κ3) is 3.93. The topological polar surface area (TPSA) is 47.6 Å². The minimum Gasteiger partial charge on any atom is -0.300 e. The number of thiophene rings is 1. The molecule has 0 aliphatic carbocycles. The summed E-state index contributed by atoms with van der Waals surface area (Å²) in [5.41, 5.74) is 4.87. The maximum absolute atomic E-state index is 9.04. The number of rotatable bonds is 6. The van der Waals surface area contributed by atoms with Gasteiger partial charge >= 0.3 is 0 Å². The molecule has 3 heteroatoms. The van der Waals surface area contributed by atoms with Crippen molar-refractivity contribution in [2.75, 3.05) is 0 Å². The van der Waals surface area contributed by atoms with E-state index in [4.69, 9.17) is 10.7 Å². The molecule has 1 aromatic heterocycles. The Morgan fingerprint density at radius 1 is 1.14 bits per heavy atom. The van der Waals surface area contributed by atoms with Crippen LogP contribution >= 0.6 is 11.3 Å². The van der Waals surface area contributed by atoms with Gasteiger partial charge in [0.15, 0.2) is 0 Å². The number of hydrogen-bond acceptors (Lipinski definition) is 3. The van der Waals surface area contributed by atoms with Gasteiger partial charge in [0, 0.05) is 15.1 Å². The minimum absolute atomic E-state index is 0.295. The molecule has 136 valence electrons. The molecular weight excluding hydrogens is 360 g/mol. The first kappa shape index (κ1) is 19.3. The van der Waals surface area contributed by atoms with Crippen LogP contribution in [0.25, 0.3) is 27.3 Å². The third-order valence-corrected chi connectivity index (χ3v) is 5.73. The lowest BCUT2D eigenvalue weighted by Gasteiger charge is -2.06. The molecule has 2 nitrogen and oxygen atoms in total. The zero-order valence-corrected chi connectivity index (χ0v) is 16.5. The first-order chi connectivity index (χ1) is 13.6. The van der Waals surface area contributed by atoms with Gasteiger partial charge in [-0.25, -0.2) is 0 Å². The Morgan fingerprint density at radius 2 is 1.93 bits per heavy atom. The van der Waals surface area contributed by atoms with Crippen molar-refractivity contribution in [1.29, 1.82) is 10.7 Å². The number of allylic oxidation sites excluding steroid dienone is 5. The van der Waals surface area contributed by atoms with Gasteiger partial charge in [-0.3, -0.25) is 0 Å². The minimum atomic E-state index is 0.295. The van der Waals surface area contributed by atoms with Crippen molar-refractivity contribution in [3.05, 3.63) is 102 Å². The van der Waals surface area contributed by atoms with Gasteiger partial charge in [0.25, 0.3) is 0 Å². The molecule has 0 radical (unpaired) electrons. The number of nitrogens with zero attached hydrogens (tertiary/aromatic N) is 1. The van der Waals surface area contributed by atoms with E-state index in [0.29, 0.717) is 11.3 Å². The van der Waals surface area contributed by atoms with Crippen molar-refractivity contribution in [1.82, 2.24) is 0 Å². The van der Waals surface area contributed by atoms with Crippen LogP contribution in [0.5, 0.6) is 0 Å². The van der Waals surface area contributed by atoms with Gasteiger partial charge in [-0.2, -0.15) is 5.26 Å². The number of aryl methyl sites for hydroxylation is 1. The van der Waals surface area contributed by atoms with Crippen LogP contribution in [0.4, 0.5) is 0 Å². The summed E-state index contributed by atoms with van der Waals surface area (Å²) in [5, 5.41) is 18.6. The molecule has 0 unspecified atom stereocenters. The molecular formula is C25H20N2S. The molecule has 0 saturated carbocycles. The van der Waals surface area contributed by atoms with Gasteiger partial charge in [0.2, 0.25) is 0 Å². The van der Waals surface area contributed by atoms with E-state index in [1.54, 1.807) is 17.4 Å². The average Bonchev–Trinajstić information content (AvgIpc) is 3.05. The van der Waals surface area contributed by atoms with Gasteiger partial charge in [-0.05, 0) is 53.3 Å². The van der Waals surface area contributed by atoms with Gasteiger partial charge < -0.3 is 5.41 Å². The number of fused-ring (bicyclic) bond motifs is 1. The second-order valence-electron chi connectivity index (χ2n) is 6.31. The molecule has 0 atom stereocenters. The van der Waals surface area contributed by atoms with Crippen LogP contribution in [0.2, 0.25) is 0 Å². The number of benzene rings is 2. The summed E-state index contributed by atoms with van der Waals surface area (Å²) in [6.07, 6.45) is 8.83. The summed E-state index contributed by atoms with van der Waals surface area (Å²) in [7, 11) is 0. The van der Waals surface area contributed by atoms with E-state index >= 15 is 0 Å². The molecule has 0 fully saturated rings. The lowest BCUT2D eigenvalue weighted by Crippen LogP contribution is -1.96. The lowest BCUT2D eigenvalue weighted by atomic mass is 9.99. The molecule has 0 bridgehead atoms. The SMILES string of the molecule is C=C/C=C\c1sc2cc(-c3cccc(C(=N)/C=C(/C#N)C=C)c3)ccc2c1C. The summed E-state index contributed by atoms with van der Waals surface area (Å²) < 4.78 is 1.23. The number of nitrogens with one attached hydrogen (secondary N) is 1. The van der Waals surface area contributed by atoms with Crippen LogP contribution < -0.4 is 0 Å². The fourth-order valence-corrected chi connectivity index (χ4v) is 4.14. The zero-order chi connectivity index (χ0) is 20.1. The Labute approximate surface area is 169 Å². The van der Waals surface area contributed by atoms with E-state index in [1.165, 1.54) is 32.7 Å². The van der Waals surface area contributed by atoms with E-state index in [-0.39, 0.29) is 0 Å². The molecule has 3 aromatic rings.